The molecule has 0 aromatic heterocycles. The van der Waals surface area contributed by atoms with Crippen LogP contribution in [0, 0.1) is 22.6 Å². The highest BCUT2D eigenvalue weighted by atomic mass is 35.5. The Bertz CT molecular complexity index is 466. The molecular formula is C12H11ClFNO2. The van der Waals surface area contributed by atoms with Gasteiger partial charge in [0.2, 0.25) is 0 Å². The standard InChI is InChI=1S/C12H11ClFNO2/c13-8-1-2-9(10(14)5-8)11(16)12(6-15)3-4-17-7-12/h1-2,5,11,16H,3-4,7H2. The van der Waals surface area contributed by atoms with E-state index in [-0.39, 0.29) is 17.2 Å². The Morgan fingerprint density at radius 3 is 2.88 bits per heavy atom. The molecule has 2 rings (SSSR count). The second-order valence-electron chi connectivity index (χ2n) is 4.14. The van der Waals surface area contributed by atoms with Crippen LogP contribution in [0.3, 0.4) is 0 Å². The molecular weight excluding hydrogens is 245 g/mol. The molecule has 17 heavy (non-hydrogen) atoms. The third kappa shape index (κ3) is 2.14. The van der Waals surface area contributed by atoms with Gasteiger partial charge in [0, 0.05) is 17.2 Å². The smallest absolute Gasteiger partial charge is 0.130 e. The van der Waals surface area contributed by atoms with E-state index in [0.717, 1.165) is 6.07 Å². The largest absolute Gasteiger partial charge is 0.387 e. The summed E-state index contributed by atoms with van der Waals surface area (Å²) in [6.07, 6.45) is -0.806. The van der Waals surface area contributed by atoms with Crippen molar-refractivity contribution in [2.45, 2.75) is 12.5 Å². The quantitative estimate of drug-likeness (QED) is 0.883. The molecule has 2 atom stereocenters. The molecule has 0 saturated carbocycles. The third-order valence-corrected chi connectivity index (χ3v) is 3.29. The summed E-state index contributed by atoms with van der Waals surface area (Å²) in [6, 6.07) is 6.06. The second-order valence-corrected chi connectivity index (χ2v) is 4.58. The van der Waals surface area contributed by atoms with Crippen molar-refractivity contribution in [3.05, 3.63) is 34.6 Å². The van der Waals surface area contributed by atoms with Gasteiger partial charge in [-0.15, -0.1) is 0 Å². The highest BCUT2D eigenvalue weighted by Gasteiger charge is 2.43. The van der Waals surface area contributed by atoms with E-state index in [1.165, 1.54) is 12.1 Å². The molecule has 1 N–H and O–H groups in total. The van der Waals surface area contributed by atoms with E-state index < -0.39 is 17.3 Å². The van der Waals surface area contributed by atoms with Crippen molar-refractivity contribution >= 4 is 11.6 Å². The number of nitrogens with zero attached hydrogens (tertiary/aromatic N) is 1. The molecule has 0 aliphatic carbocycles. The number of aliphatic hydroxyl groups is 1. The van der Waals surface area contributed by atoms with Crippen LogP contribution in [0.15, 0.2) is 18.2 Å². The molecule has 1 aromatic carbocycles. The van der Waals surface area contributed by atoms with Crippen molar-refractivity contribution in [1.29, 1.82) is 5.26 Å². The molecule has 5 heteroatoms. The van der Waals surface area contributed by atoms with Gasteiger partial charge in [-0.2, -0.15) is 5.26 Å². The number of nitriles is 1. The van der Waals surface area contributed by atoms with Crippen LogP contribution in [-0.2, 0) is 4.74 Å². The Balaban J connectivity index is 2.36. The summed E-state index contributed by atoms with van der Waals surface area (Å²) in [6.45, 7) is 0.520. The van der Waals surface area contributed by atoms with Crippen LogP contribution in [0.4, 0.5) is 4.39 Å². The first-order chi connectivity index (χ1) is 8.09. The number of hydrogen-bond donors (Lipinski definition) is 1. The molecule has 1 saturated heterocycles. The summed E-state index contributed by atoms with van der Waals surface area (Å²) in [4.78, 5) is 0. The zero-order valence-electron chi connectivity index (χ0n) is 8.99. The lowest BCUT2D eigenvalue weighted by molar-refractivity contribution is 0.0478. The van der Waals surface area contributed by atoms with Gasteiger partial charge in [0.25, 0.3) is 0 Å². The minimum atomic E-state index is -1.20. The Morgan fingerprint density at radius 2 is 2.35 bits per heavy atom. The summed E-state index contributed by atoms with van der Waals surface area (Å²) in [5, 5.41) is 19.6. The van der Waals surface area contributed by atoms with Crippen molar-refractivity contribution in [2.24, 2.45) is 5.41 Å². The minimum Gasteiger partial charge on any atom is -0.387 e. The summed E-state index contributed by atoms with van der Waals surface area (Å²) in [7, 11) is 0. The fourth-order valence-electron chi connectivity index (χ4n) is 1.97. The monoisotopic (exact) mass is 255 g/mol. The third-order valence-electron chi connectivity index (χ3n) is 3.06. The van der Waals surface area contributed by atoms with Crippen LogP contribution in [0.2, 0.25) is 5.02 Å². The van der Waals surface area contributed by atoms with Crippen LogP contribution in [-0.4, -0.2) is 18.3 Å². The van der Waals surface area contributed by atoms with Crippen molar-refractivity contribution in [1.82, 2.24) is 0 Å². The molecule has 1 heterocycles. The molecule has 0 radical (unpaired) electrons. The first-order valence-corrected chi connectivity index (χ1v) is 5.59. The van der Waals surface area contributed by atoms with Crippen LogP contribution >= 0.6 is 11.6 Å². The lowest BCUT2D eigenvalue weighted by Crippen LogP contribution is -2.28. The van der Waals surface area contributed by atoms with Gasteiger partial charge in [-0.3, -0.25) is 0 Å². The Labute approximate surface area is 103 Å². The van der Waals surface area contributed by atoms with E-state index in [2.05, 4.69) is 0 Å². The molecule has 1 aliphatic heterocycles. The predicted octanol–water partition coefficient (Wildman–Crippen LogP) is 2.44. The number of benzene rings is 1. The maximum absolute atomic E-state index is 13.7. The Hall–Kier alpha value is -1.15. The normalized spacial score (nSPS) is 25.5. The van der Waals surface area contributed by atoms with E-state index in [4.69, 9.17) is 21.6 Å². The zero-order valence-corrected chi connectivity index (χ0v) is 9.75. The SMILES string of the molecule is N#CC1(C(O)c2ccc(Cl)cc2F)CCOC1. The van der Waals surface area contributed by atoms with Gasteiger partial charge in [0.15, 0.2) is 0 Å². The minimum absolute atomic E-state index is 0.0847. The van der Waals surface area contributed by atoms with E-state index >= 15 is 0 Å². The number of hydrogen-bond acceptors (Lipinski definition) is 3. The lowest BCUT2D eigenvalue weighted by Gasteiger charge is -2.25. The highest BCUT2D eigenvalue weighted by Crippen LogP contribution is 2.41. The first kappa shape index (κ1) is 12.3. The number of rotatable bonds is 2. The maximum atomic E-state index is 13.7. The van der Waals surface area contributed by atoms with Gasteiger partial charge in [0.05, 0.1) is 12.7 Å². The second kappa shape index (κ2) is 4.61. The molecule has 1 aromatic rings. The molecule has 2 unspecified atom stereocenters. The average molecular weight is 256 g/mol. The summed E-state index contributed by atoms with van der Waals surface area (Å²) >= 11 is 5.64. The van der Waals surface area contributed by atoms with Crippen molar-refractivity contribution in [3.63, 3.8) is 0 Å². The van der Waals surface area contributed by atoms with Gasteiger partial charge >= 0.3 is 0 Å². The number of halogens is 2. The molecule has 0 bridgehead atoms. The van der Waals surface area contributed by atoms with Crippen molar-refractivity contribution in [3.8, 4) is 6.07 Å². The van der Waals surface area contributed by atoms with Crippen LogP contribution < -0.4 is 0 Å². The summed E-state index contributed by atoms with van der Waals surface area (Å²) in [5.74, 6) is -0.605. The fraction of sp³-hybridized carbons (Fsp3) is 0.417. The summed E-state index contributed by atoms with van der Waals surface area (Å²) < 4.78 is 18.8. The van der Waals surface area contributed by atoms with Crippen LogP contribution in [0.25, 0.3) is 0 Å². The molecule has 3 nitrogen and oxygen atoms in total. The van der Waals surface area contributed by atoms with Gasteiger partial charge in [-0.05, 0) is 18.6 Å². The molecule has 0 spiro atoms. The topological polar surface area (TPSA) is 53.2 Å². The highest BCUT2D eigenvalue weighted by molar-refractivity contribution is 6.30. The maximum Gasteiger partial charge on any atom is 0.130 e. The van der Waals surface area contributed by atoms with Crippen molar-refractivity contribution < 1.29 is 14.2 Å². The first-order valence-electron chi connectivity index (χ1n) is 5.21. The van der Waals surface area contributed by atoms with Crippen LogP contribution in [0.1, 0.15) is 18.1 Å². The number of ether oxygens (including phenoxy) is 1. The van der Waals surface area contributed by atoms with Crippen molar-refractivity contribution in [2.75, 3.05) is 13.2 Å². The fourth-order valence-corrected chi connectivity index (χ4v) is 2.13. The Morgan fingerprint density at radius 1 is 1.59 bits per heavy atom. The van der Waals surface area contributed by atoms with Crippen LogP contribution in [0.5, 0.6) is 0 Å². The summed E-state index contributed by atoms with van der Waals surface area (Å²) in [5.41, 5.74) is -0.976. The average Bonchev–Trinajstić information content (AvgIpc) is 2.78. The van der Waals surface area contributed by atoms with Gasteiger partial charge in [0.1, 0.15) is 17.3 Å². The van der Waals surface area contributed by atoms with E-state index in [0.29, 0.717) is 13.0 Å². The van der Waals surface area contributed by atoms with E-state index in [1.54, 1.807) is 0 Å². The van der Waals surface area contributed by atoms with E-state index in [1.807, 2.05) is 6.07 Å². The van der Waals surface area contributed by atoms with Gasteiger partial charge in [-0.1, -0.05) is 17.7 Å². The molecule has 90 valence electrons. The molecule has 1 aliphatic rings. The van der Waals surface area contributed by atoms with E-state index in [9.17, 15) is 9.50 Å². The Kier molecular flexibility index (Phi) is 3.34. The van der Waals surface area contributed by atoms with Gasteiger partial charge in [-0.25, -0.2) is 4.39 Å². The molecule has 1 fully saturated rings. The van der Waals surface area contributed by atoms with Gasteiger partial charge < -0.3 is 9.84 Å². The predicted molar refractivity (Wildman–Crippen MR) is 59.9 cm³/mol. The lowest BCUT2D eigenvalue weighted by atomic mass is 9.79. The zero-order chi connectivity index (χ0) is 12.5. The number of aliphatic hydroxyl groups excluding tert-OH is 1. The molecule has 0 amide bonds.